The quantitative estimate of drug-likeness (QED) is 0.766. The molecule has 4 nitrogen and oxygen atoms in total. The van der Waals surface area contributed by atoms with Crippen molar-refractivity contribution in [3.05, 3.63) is 22.4 Å². The second-order valence-corrected chi connectivity index (χ2v) is 5.13. The Bertz CT molecular complexity index is 325. The van der Waals surface area contributed by atoms with Gasteiger partial charge in [0.15, 0.2) is 0 Å². The molecule has 0 fully saturated rings. The standard InChI is InChI=1S/C12H21N3OS/c1-13-7-6-12(16)14-9-10(15(2)3)11-5-4-8-17-11/h4-5,8,10,13H,6-7,9H2,1-3H3,(H,14,16). The third kappa shape index (κ3) is 4.85. The second-order valence-electron chi connectivity index (χ2n) is 4.15. The van der Waals surface area contributed by atoms with Crippen LogP contribution in [0.4, 0.5) is 0 Å². The first-order valence-corrected chi connectivity index (χ1v) is 6.64. The number of hydrogen-bond acceptors (Lipinski definition) is 4. The van der Waals surface area contributed by atoms with E-state index in [1.807, 2.05) is 27.2 Å². The van der Waals surface area contributed by atoms with Gasteiger partial charge in [-0.3, -0.25) is 4.79 Å². The van der Waals surface area contributed by atoms with Crippen LogP contribution >= 0.6 is 11.3 Å². The van der Waals surface area contributed by atoms with Crippen molar-refractivity contribution in [3.8, 4) is 0 Å². The molecule has 17 heavy (non-hydrogen) atoms. The highest BCUT2D eigenvalue weighted by atomic mass is 32.1. The fourth-order valence-electron chi connectivity index (χ4n) is 1.56. The molecular weight excluding hydrogens is 234 g/mol. The maximum Gasteiger partial charge on any atom is 0.221 e. The number of carbonyl (C=O) groups is 1. The number of nitrogens with zero attached hydrogens (tertiary/aromatic N) is 1. The Hall–Kier alpha value is -0.910. The van der Waals surface area contributed by atoms with Gasteiger partial charge in [0.1, 0.15) is 0 Å². The van der Waals surface area contributed by atoms with Crippen LogP contribution < -0.4 is 10.6 Å². The van der Waals surface area contributed by atoms with Crippen molar-refractivity contribution >= 4 is 17.2 Å². The van der Waals surface area contributed by atoms with Crippen LogP contribution in [0.3, 0.4) is 0 Å². The van der Waals surface area contributed by atoms with Crippen molar-refractivity contribution in [3.63, 3.8) is 0 Å². The largest absolute Gasteiger partial charge is 0.354 e. The summed E-state index contributed by atoms with van der Waals surface area (Å²) >= 11 is 1.72. The van der Waals surface area contributed by atoms with Gasteiger partial charge in [0.05, 0.1) is 6.04 Å². The normalized spacial score (nSPS) is 12.7. The highest BCUT2D eigenvalue weighted by Crippen LogP contribution is 2.22. The van der Waals surface area contributed by atoms with Gasteiger partial charge in [-0.1, -0.05) is 6.07 Å². The second kappa shape index (κ2) is 7.42. The molecule has 0 bridgehead atoms. The van der Waals surface area contributed by atoms with Gasteiger partial charge in [-0.25, -0.2) is 0 Å². The van der Waals surface area contributed by atoms with Crippen LogP contribution in [0.2, 0.25) is 0 Å². The third-order valence-electron chi connectivity index (χ3n) is 2.59. The minimum atomic E-state index is 0.0998. The van der Waals surface area contributed by atoms with E-state index in [1.54, 1.807) is 11.3 Å². The van der Waals surface area contributed by atoms with Gasteiger partial charge in [-0.2, -0.15) is 0 Å². The minimum Gasteiger partial charge on any atom is -0.354 e. The molecule has 0 aliphatic carbocycles. The van der Waals surface area contributed by atoms with Crippen molar-refractivity contribution in [1.82, 2.24) is 15.5 Å². The zero-order valence-corrected chi connectivity index (χ0v) is 11.5. The lowest BCUT2D eigenvalue weighted by Crippen LogP contribution is -2.35. The van der Waals surface area contributed by atoms with E-state index in [0.717, 1.165) is 6.54 Å². The maximum absolute atomic E-state index is 11.5. The van der Waals surface area contributed by atoms with Crippen molar-refractivity contribution in [2.45, 2.75) is 12.5 Å². The van der Waals surface area contributed by atoms with E-state index in [9.17, 15) is 4.79 Å². The average molecular weight is 255 g/mol. The van der Waals surface area contributed by atoms with Crippen LogP contribution in [-0.2, 0) is 4.79 Å². The summed E-state index contributed by atoms with van der Waals surface area (Å²) in [4.78, 5) is 14.9. The summed E-state index contributed by atoms with van der Waals surface area (Å²) in [5, 5.41) is 8.00. The SMILES string of the molecule is CNCCC(=O)NCC(c1cccs1)N(C)C. The topological polar surface area (TPSA) is 44.4 Å². The van der Waals surface area contributed by atoms with E-state index in [4.69, 9.17) is 0 Å². The molecule has 96 valence electrons. The molecule has 1 aromatic rings. The molecule has 1 unspecified atom stereocenters. The molecule has 1 atom stereocenters. The number of rotatable bonds is 7. The van der Waals surface area contributed by atoms with Gasteiger partial charge in [-0.15, -0.1) is 11.3 Å². The van der Waals surface area contributed by atoms with Gasteiger partial charge in [0.25, 0.3) is 0 Å². The zero-order chi connectivity index (χ0) is 12.7. The van der Waals surface area contributed by atoms with Gasteiger partial charge >= 0.3 is 0 Å². The molecule has 0 saturated heterocycles. The molecule has 5 heteroatoms. The molecule has 2 N–H and O–H groups in total. The van der Waals surface area contributed by atoms with E-state index in [1.165, 1.54) is 4.88 Å². The van der Waals surface area contributed by atoms with E-state index >= 15 is 0 Å². The molecule has 1 amide bonds. The maximum atomic E-state index is 11.5. The summed E-state index contributed by atoms with van der Waals surface area (Å²) in [5.41, 5.74) is 0. The van der Waals surface area contributed by atoms with Crippen molar-refractivity contribution < 1.29 is 4.79 Å². The summed E-state index contributed by atoms with van der Waals surface area (Å²) in [5.74, 6) is 0.0998. The Morgan fingerprint density at radius 1 is 1.53 bits per heavy atom. The zero-order valence-electron chi connectivity index (χ0n) is 10.7. The molecule has 0 spiro atoms. The Labute approximate surface area is 107 Å². The van der Waals surface area contributed by atoms with E-state index in [0.29, 0.717) is 13.0 Å². The van der Waals surface area contributed by atoms with Crippen molar-refractivity contribution in [2.24, 2.45) is 0 Å². The number of nitrogens with one attached hydrogen (secondary N) is 2. The summed E-state index contributed by atoms with van der Waals surface area (Å²) in [6, 6.07) is 4.41. The van der Waals surface area contributed by atoms with E-state index < -0.39 is 0 Å². The Kier molecular flexibility index (Phi) is 6.18. The Morgan fingerprint density at radius 2 is 2.29 bits per heavy atom. The fourth-order valence-corrected chi connectivity index (χ4v) is 2.48. The van der Waals surface area contributed by atoms with Crippen LogP contribution in [0, 0.1) is 0 Å². The molecule has 1 heterocycles. The summed E-state index contributed by atoms with van der Waals surface area (Å²) < 4.78 is 0. The average Bonchev–Trinajstić information content (AvgIpc) is 2.79. The molecular formula is C12H21N3OS. The fraction of sp³-hybridized carbons (Fsp3) is 0.583. The number of likely N-dealkylation sites (N-methyl/N-ethyl adjacent to an activating group) is 1. The number of carbonyl (C=O) groups excluding carboxylic acids is 1. The monoisotopic (exact) mass is 255 g/mol. The van der Waals surface area contributed by atoms with Crippen LogP contribution in [0.1, 0.15) is 17.3 Å². The lowest BCUT2D eigenvalue weighted by atomic mass is 10.2. The highest BCUT2D eigenvalue weighted by Gasteiger charge is 2.15. The van der Waals surface area contributed by atoms with Crippen LogP contribution in [0.5, 0.6) is 0 Å². The highest BCUT2D eigenvalue weighted by molar-refractivity contribution is 7.10. The van der Waals surface area contributed by atoms with Gasteiger partial charge in [-0.05, 0) is 32.6 Å². The summed E-state index contributed by atoms with van der Waals surface area (Å²) in [7, 11) is 5.91. The number of thiophene rings is 1. The van der Waals surface area contributed by atoms with Gasteiger partial charge in [0.2, 0.25) is 5.91 Å². The van der Waals surface area contributed by atoms with Crippen molar-refractivity contribution in [2.75, 3.05) is 34.2 Å². The third-order valence-corrected chi connectivity index (χ3v) is 3.56. The summed E-state index contributed by atoms with van der Waals surface area (Å²) in [6.45, 7) is 1.38. The minimum absolute atomic E-state index is 0.0998. The Balaban J connectivity index is 2.43. The molecule has 0 aliphatic rings. The predicted octanol–water partition coefficient (Wildman–Crippen LogP) is 1.08. The van der Waals surface area contributed by atoms with Crippen LogP contribution in [0.15, 0.2) is 17.5 Å². The van der Waals surface area contributed by atoms with Crippen LogP contribution in [-0.4, -0.2) is 45.0 Å². The first-order chi connectivity index (χ1) is 8.15. The van der Waals surface area contributed by atoms with Gasteiger partial charge in [0, 0.05) is 24.4 Å². The van der Waals surface area contributed by atoms with Crippen LogP contribution in [0.25, 0.3) is 0 Å². The molecule has 1 rings (SSSR count). The first kappa shape index (κ1) is 14.2. The number of hydrogen-bond donors (Lipinski definition) is 2. The van der Waals surface area contributed by atoms with Crippen molar-refractivity contribution in [1.29, 1.82) is 0 Å². The molecule has 0 aliphatic heterocycles. The lowest BCUT2D eigenvalue weighted by Gasteiger charge is -2.23. The molecule has 1 aromatic heterocycles. The summed E-state index contributed by atoms with van der Waals surface area (Å²) in [6.07, 6.45) is 0.529. The van der Waals surface area contributed by atoms with E-state index in [2.05, 4.69) is 27.0 Å². The smallest absolute Gasteiger partial charge is 0.221 e. The Morgan fingerprint density at radius 3 is 2.82 bits per heavy atom. The van der Waals surface area contributed by atoms with Gasteiger partial charge < -0.3 is 15.5 Å². The predicted molar refractivity (Wildman–Crippen MR) is 72.3 cm³/mol. The lowest BCUT2D eigenvalue weighted by molar-refractivity contribution is -0.121. The van der Waals surface area contributed by atoms with E-state index in [-0.39, 0.29) is 11.9 Å². The molecule has 0 aromatic carbocycles. The number of amides is 1. The molecule has 0 radical (unpaired) electrons. The molecule has 0 saturated carbocycles. The first-order valence-electron chi connectivity index (χ1n) is 5.76.